The van der Waals surface area contributed by atoms with Gasteiger partial charge in [-0.3, -0.25) is 36.4 Å². The van der Waals surface area contributed by atoms with Gasteiger partial charge in [-0.15, -0.1) is 0 Å². The van der Waals surface area contributed by atoms with Gasteiger partial charge in [0.05, 0.1) is 25.9 Å². The van der Waals surface area contributed by atoms with E-state index in [-0.39, 0.29) is 13.0 Å². The molecule has 0 aromatic rings. The minimum atomic E-state index is -6.24. The summed E-state index contributed by atoms with van der Waals surface area (Å²) in [5.74, 6) is -4.12. The average Bonchev–Trinajstić information content (AvgIpc) is 3.82. The summed E-state index contributed by atoms with van der Waals surface area (Å²) in [6.45, 7) is -7.01. The van der Waals surface area contributed by atoms with Crippen molar-refractivity contribution in [2.24, 2.45) is 22.9 Å². The second-order valence-electron chi connectivity index (χ2n) is 18.4. The zero-order chi connectivity index (χ0) is 67.6. The minimum absolute atomic E-state index is 0.0849. The Morgan fingerprint density at radius 3 is 1.26 bits per heavy atom. The van der Waals surface area contributed by atoms with Crippen LogP contribution in [0.5, 0.6) is 0 Å². The van der Waals surface area contributed by atoms with Crippen LogP contribution < -0.4 is 22.9 Å². The van der Waals surface area contributed by atoms with E-state index in [1.807, 2.05) is 0 Å². The standard InChI is InChI=1S/C18H36N4O11.C12H22O35S8/c19-2-6-10(25)12(27)13(28)18(30-6)33-16-5(21)1-4(20)15(14(16)29)32-17-11(26)8(22)9(24)7(3-23)31-17;13-48(14,15)37-1-4-6(43-51(22,23)24)8(45-53(28,29)30)9(46-54(31,32)33)11(40-4)42-12(3-39-50(19,20)21)10(47-55(34,35)36)7(44-52(25,26)27)5(41-12)2-38-49(16,17)18/h4-18,23-29H,1-3,19-22H2;4-11H,1-3H2,(H,13,14,15)(H,16,17,18)(H,19,20,21)(H,22,23,24)(H,25,26,27)(H,28,29,30)(H,31,32,33)(H,34,35,36)/t4-,5+,6-,7-,8+,9-,10-,11-,12+,13-,14-,15+,16-,17-,18-;4-,5-,6-,7-,8+,9-,10+,11-,12+/m11/s1. The molecule has 0 aromatic carbocycles. The highest BCUT2D eigenvalue weighted by molar-refractivity contribution is 7.82. The number of nitrogens with two attached hydrogens (primary N) is 4. The largest absolute Gasteiger partial charge is 0.397 e. The van der Waals surface area contributed by atoms with E-state index in [2.05, 4.69) is 33.5 Å². The number of ether oxygens (including phenoxy) is 7. The molecule has 58 heteroatoms. The highest BCUT2D eigenvalue weighted by Crippen LogP contribution is 2.43. The second-order valence-corrected chi connectivity index (χ2v) is 26.9. The predicted molar refractivity (Wildman–Crippen MR) is 260 cm³/mol. The first-order valence-electron chi connectivity index (χ1n) is 23.1. The summed E-state index contributed by atoms with van der Waals surface area (Å²) in [7, 11) is -48.3. The Hall–Kier alpha value is -1.76. The minimum Gasteiger partial charge on any atom is -0.394 e. The van der Waals surface area contributed by atoms with Crippen molar-refractivity contribution in [3.63, 3.8) is 0 Å². The van der Waals surface area contributed by atoms with Gasteiger partial charge in [-0.25, -0.2) is 33.5 Å². The van der Waals surface area contributed by atoms with Gasteiger partial charge in [-0.05, 0) is 6.42 Å². The zero-order valence-corrected chi connectivity index (χ0v) is 49.5. The Kier molecular flexibility index (Phi) is 26.7. The summed E-state index contributed by atoms with van der Waals surface area (Å²) in [6, 6.07) is -2.86. The fourth-order valence-electron chi connectivity index (χ4n) is 8.64. The summed E-state index contributed by atoms with van der Waals surface area (Å²) < 4.78 is 329. The molecule has 50 nitrogen and oxygen atoms in total. The molecule has 4 aliphatic heterocycles. The Labute approximate surface area is 496 Å². The number of hydrogen-bond acceptors (Lipinski definition) is 42. The average molecular weight is 1470 g/mol. The smallest absolute Gasteiger partial charge is 0.394 e. The number of aliphatic hydroxyl groups is 7. The summed E-state index contributed by atoms with van der Waals surface area (Å²) in [5.41, 5.74) is 23.5. The molecule has 1 saturated carbocycles. The molecule has 0 unspecified atom stereocenters. The lowest BCUT2D eigenvalue weighted by molar-refractivity contribution is -0.374. The van der Waals surface area contributed by atoms with Gasteiger partial charge in [0.1, 0.15) is 98.2 Å². The van der Waals surface area contributed by atoms with Crippen LogP contribution in [-0.4, -0.2) is 319 Å². The van der Waals surface area contributed by atoms with Gasteiger partial charge in [0, 0.05) is 18.6 Å². The summed E-state index contributed by atoms with van der Waals surface area (Å²) >= 11 is 0. The van der Waals surface area contributed by atoms with Gasteiger partial charge >= 0.3 is 83.2 Å². The van der Waals surface area contributed by atoms with E-state index in [4.69, 9.17) is 65.2 Å². The van der Waals surface area contributed by atoms with Gasteiger partial charge < -0.3 is 91.8 Å². The Bertz CT molecular complexity index is 3220. The maximum absolute atomic E-state index is 11.9. The van der Waals surface area contributed by atoms with Gasteiger partial charge in [-0.1, -0.05) is 0 Å². The van der Waals surface area contributed by atoms with E-state index in [1.54, 1.807) is 0 Å². The van der Waals surface area contributed by atoms with Crippen LogP contribution in [0.2, 0.25) is 0 Å². The number of rotatable bonds is 27. The molecule has 0 amide bonds. The third kappa shape index (κ3) is 23.3. The van der Waals surface area contributed by atoms with Crippen LogP contribution in [0.25, 0.3) is 0 Å². The normalized spacial score (nSPS) is 39.3. The molecule has 5 aliphatic rings. The van der Waals surface area contributed by atoms with Crippen molar-refractivity contribution in [1.82, 2.24) is 0 Å². The fraction of sp³-hybridized carbons (Fsp3) is 1.00. The molecule has 0 spiro atoms. The summed E-state index contributed by atoms with van der Waals surface area (Å²) in [4.78, 5) is 0. The molecule has 0 radical (unpaired) electrons. The molecule has 88 heavy (non-hydrogen) atoms. The van der Waals surface area contributed by atoms with Crippen LogP contribution in [0.1, 0.15) is 6.42 Å². The highest BCUT2D eigenvalue weighted by atomic mass is 32.3. The molecular weight excluding hydrogens is 1410 g/mol. The monoisotopic (exact) mass is 1470 g/mol. The molecular formula is C30H58N4O46S8. The van der Waals surface area contributed by atoms with Crippen molar-refractivity contribution < 1.29 is 206 Å². The first kappa shape index (κ1) is 78.7. The van der Waals surface area contributed by atoms with E-state index < -0.39 is 256 Å². The molecule has 1 aliphatic carbocycles. The zero-order valence-electron chi connectivity index (χ0n) is 43.0. The van der Waals surface area contributed by atoms with Gasteiger partial charge in [0.25, 0.3) is 0 Å². The quantitative estimate of drug-likeness (QED) is 0.0340. The van der Waals surface area contributed by atoms with Crippen molar-refractivity contribution >= 4 is 83.2 Å². The summed E-state index contributed by atoms with van der Waals surface area (Å²) in [5, 5.41) is 70.9. The first-order valence-corrected chi connectivity index (χ1v) is 34.0. The topological polar surface area (TPSA) is 819 Å². The Balaban J connectivity index is 0.000000425. The molecule has 4 saturated heterocycles. The predicted octanol–water partition coefficient (Wildman–Crippen LogP) is -14.1. The fourth-order valence-corrected chi connectivity index (χ4v) is 12.1. The number of aliphatic hydroxyl groups excluding tert-OH is 7. The van der Waals surface area contributed by atoms with Crippen molar-refractivity contribution in [1.29, 1.82) is 0 Å². The lowest BCUT2D eigenvalue weighted by Crippen LogP contribution is -2.68. The van der Waals surface area contributed by atoms with Crippen LogP contribution in [0, 0.1) is 0 Å². The van der Waals surface area contributed by atoms with Crippen molar-refractivity contribution in [2.45, 2.75) is 153 Å². The summed E-state index contributed by atoms with van der Waals surface area (Å²) in [6.07, 6.45) is -42.5. The molecule has 522 valence electrons. The van der Waals surface area contributed by atoms with Crippen LogP contribution in [0.4, 0.5) is 0 Å². The molecule has 4 heterocycles. The van der Waals surface area contributed by atoms with Gasteiger partial charge in [-0.2, -0.15) is 67.3 Å². The third-order valence-electron chi connectivity index (χ3n) is 12.2. The van der Waals surface area contributed by atoms with Crippen molar-refractivity contribution in [3.8, 4) is 0 Å². The molecule has 5 rings (SSSR count). The first-order chi connectivity index (χ1) is 39.7. The lowest BCUT2D eigenvalue weighted by Gasteiger charge is -2.48. The molecule has 0 bridgehead atoms. The molecule has 24 atom stereocenters. The van der Waals surface area contributed by atoms with E-state index >= 15 is 0 Å². The highest BCUT2D eigenvalue weighted by Gasteiger charge is 2.66. The van der Waals surface area contributed by atoms with E-state index in [0.717, 1.165) is 0 Å². The van der Waals surface area contributed by atoms with Crippen LogP contribution in [0.3, 0.4) is 0 Å². The molecule has 0 aromatic heterocycles. The van der Waals surface area contributed by atoms with E-state index in [1.165, 1.54) is 0 Å². The van der Waals surface area contributed by atoms with Gasteiger partial charge in [0.15, 0.2) is 31.1 Å². The molecule has 23 N–H and O–H groups in total. The van der Waals surface area contributed by atoms with Crippen LogP contribution in [-0.2, 0) is 150 Å². The SMILES string of the molecule is NC[C@H]1O[C@H](O[C@H]2[C@H](O)[C@@H](O[C@H]3O[C@H](CO)[C@@H](O)[C@H](N)[C@H]3O)[C@H](N)C[C@@H]2N)[C@H](O)[C@@H](O)[C@@H]1O.O=S(=O)(O)OC[C@H]1O[C@@](COS(=O)(=O)O)(O[C@H]2O[C@H](COS(=O)(=O)O)[C@@H](OS(=O)(=O)O)[C@H](OS(=O)(=O)O)[C@H]2OS(=O)(=O)O)[C@@H](OS(=O)(=O)O)[C@@H]1OS(=O)(=O)O. The van der Waals surface area contributed by atoms with Crippen LogP contribution >= 0.6 is 0 Å². The number of hydrogen-bond donors (Lipinski definition) is 19. The van der Waals surface area contributed by atoms with Crippen LogP contribution in [0.15, 0.2) is 0 Å². The Morgan fingerprint density at radius 2 is 0.818 bits per heavy atom. The van der Waals surface area contributed by atoms with Crippen molar-refractivity contribution in [3.05, 3.63) is 0 Å². The maximum Gasteiger partial charge on any atom is 0.397 e. The van der Waals surface area contributed by atoms with Gasteiger partial charge in [0.2, 0.25) is 5.79 Å². The lowest BCUT2D eigenvalue weighted by atomic mass is 9.84. The molecule has 5 fully saturated rings. The third-order valence-corrected chi connectivity index (χ3v) is 15.8. The maximum atomic E-state index is 11.9. The second kappa shape index (κ2) is 29.9. The van der Waals surface area contributed by atoms with Crippen molar-refractivity contribution in [2.75, 3.05) is 33.0 Å². The Morgan fingerprint density at radius 1 is 0.409 bits per heavy atom. The van der Waals surface area contributed by atoms with E-state index in [9.17, 15) is 130 Å². The van der Waals surface area contributed by atoms with E-state index in [0.29, 0.717) is 0 Å².